The zero-order chi connectivity index (χ0) is 18.1. The van der Waals surface area contributed by atoms with Gasteiger partial charge in [-0.2, -0.15) is 0 Å². The number of rotatable bonds is 2. The van der Waals surface area contributed by atoms with E-state index in [-0.39, 0.29) is 5.76 Å². The molecule has 0 atom stereocenters. The Labute approximate surface area is 156 Å². The third kappa shape index (κ3) is 3.11. The predicted molar refractivity (Wildman–Crippen MR) is 96.3 cm³/mol. The second-order valence-corrected chi connectivity index (χ2v) is 6.39. The number of carbonyl (C=O) groups is 2. The van der Waals surface area contributed by atoms with Crippen molar-refractivity contribution >= 4 is 38.7 Å². The van der Waals surface area contributed by atoms with Crippen LogP contribution in [0.15, 0.2) is 51.4 Å². The summed E-state index contributed by atoms with van der Waals surface area (Å²) in [5, 5.41) is 0.780. The van der Waals surface area contributed by atoms with E-state index in [0.717, 1.165) is 9.86 Å². The topological polar surface area (TPSA) is 89.8 Å². The molecule has 0 aliphatic carbocycles. The van der Waals surface area contributed by atoms with Crippen molar-refractivity contribution in [3.63, 3.8) is 0 Å². The number of fused-ring (bicyclic) bond motifs is 2. The Morgan fingerprint density at radius 2 is 1.69 bits per heavy atom. The van der Waals surface area contributed by atoms with Crippen LogP contribution in [0.25, 0.3) is 11.0 Å². The molecule has 2 heterocycles. The third-order valence-electron chi connectivity index (χ3n) is 3.81. The molecule has 1 aliphatic rings. The molecule has 0 fully saturated rings. The Kier molecular flexibility index (Phi) is 4.26. The van der Waals surface area contributed by atoms with Gasteiger partial charge in [0.1, 0.15) is 18.8 Å². The molecule has 0 bridgehead atoms. The predicted octanol–water partition coefficient (Wildman–Crippen LogP) is 3.04. The minimum Gasteiger partial charge on any atom is -0.486 e. The van der Waals surface area contributed by atoms with E-state index >= 15 is 0 Å². The molecule has 0 saturated heterocycles. The number of hydrogen-bond donors (Lipinski definition) is 2. The number of carbonyl (C=O) groups excluding carboxylic acids is 2. The smallest absolute Gasteiger partial charge is 0.305 e. The van der Waals surface area contributed by atoms with Gasteiger partial charge in [-0.3, -0.25) is 20.4 Å². The highest BCUT2D eigenvalue weighted by Crippen LogP contribution is 2.30. The molecule has 0 spiro atoms. The van der Waals surface area contributed by atoms with E-state index in [1.807, 2.05) is 18.2 Å². The van der Waals surface area contributed by atoms with Gasteiger partial charge >= 0.3 is 5.91 Å². The van der Waals surface area contributed by atoms with E-state index in [2.05, 4.69) is 26.8 Å². The van der Waals surface area contributed by atoms with Gasteiger partial charge in [-0.05, 0) is 46.3 Å². The van der Waals surface area contributed by atoms with Gasteiger partial charge in [-0.1, -0.05) is 12.1 Å². The molecule has 132 valence electrons. The molecule has 2 aromatic carbocycles. The van der Waals surface area contributed by atoms with Gasteiger partial charge in [0.15, 0.2) is 17.3 Å². The molecule has 0 unspecified atom stereocenters. The van der Waals surface area contributed by atoms with Crippen molar-refractivity contribution in [2.75, 3.05) is 13.2 Å². The first kappa shape index (κ1) is 16.5. The molecular weight excluding hydrogens is 404 g/mol. The number of ether oxygens (including phenoxy) is 2. The second-order valence-electron chi connectivity index (χ2n) is 5.54. The zero-order valence-electron chi connectivity index (χ0n) is 13.4. The largest absolute Gasteiger partial charge is 0.486 e. The minimum absolute atomic E-state index is 0.0920. The van der Waals surface area contributed by atoms with Crippen molar-refractivity contribution in [2.24, 2.45) is 0 Å². The first-order chi connectivity index (χ1) is 12.6. The maximum Gasteiger partial charge on any atom is 0.305 e. The summed E-state index contributed by atoms with van der Waals surface area (Å²) in [6, 6.07) is 11.9. The van der Waals surface area contributed by atoms with Crippen molar-refractivity contribution in [2.45, 2.75) is 0 Å². The highest BCUT2D eigenvalue weighted by molar-refractivity contribution is 9.10. The standard InChI is InChI=1S/C18H13BrN2O5/c19-12-3-1-2-10-8-15(26-16(10)12)18(23)21-20-17(22)11-4-5-13-14(9-11)25-7-6-24-13/h1-5,8-9H,6-7H2,(H,20,22)(H,21,23). The molecule has 0 saturated carbocycles. The van der Waals surface area contributed by atoms with Crippen LogP contribution in [0.5, 0.6) is 11.5 Å². The Balaban J connectivity index is 1.45. The van der Waals surface area contributed by atoms with Gasteiger partial charge in [0, 0.05) is 10.9 Å². The van der Waals surface area contributed by atoms with Crippen molar-refractivity contribution in [1.29, 1.82) is 0 Å². The summed E-state index contributed by atoms with van der Waals surface area (Å²) in [4.78, 5) is 24.4. The SMILES string of the molecule is O=C(NNC(=O)c1cc2cccc(Br)c2o1)c1ccc2c(c1)OCCO2. The Morgan fingerprint density at radius 1 is 0.923 bits per heavy atom. The number of halogens is 1. The fourth-order valence-corrected chi connectivity index (χ4v) is 3.03. The molecular formula is C18H13BrN2O5. The lowest BCUT2D eigenvalue weighted by atomic mass is 10.2. The Hall–Kier alpha value is -3.00. The van der Waals surface area contributed by atoms with Crippen molar-refractivity contribution in [3.05, 3.63) is 58.3 Å². The molecule has 1 aromatic heterocycles. The van der Waals surface area contributed by atoms with Crippen molar-refractivity contribution in [3.8, 4) is 11.5 Å². The number of nitrogens with one attached hydrogen (secondary N) is 2. The summed E-state index contributed by atoms with van der Waals surface area (Å²) < 4.78 is 17.1. The molecule has 1 aliphatic heterocycles. The summed E-state index contributed by atoms with van der Waals surface area (Å²) in [5.74, 6) is 0.142. The average molecular weight is 417 g/mol. The quantitative estimate of drug-likeness (QED) is 0.626. The van der Waals surface area contributed by atoms with Gasteiger partial charge in [-0.15, -0.1) is 0 Å². The van der Waals surface area contributed by atoms with Crippen LogP contribution in [0.2, 0.25) is 0 Å². The van der Waals surface area contributed by atoms with Gasteiger partial charge < -0.3 is 13.9 Å². The summed E-state index contributed by atoms with van der Waals surface area (Å²) in [5.41, 5.74) is 5.60. The molecule has 7 nitrogen and oxygen atoms in total. The van der Waals surface area contributed by atoms with E-state index in [1.54, 1.807) is 24.3 Å². The highest BCUT2D eigenvalue weighted by Gasteiger charge is 2.17. The Bertz CT molecular complexity index is 1010. The van der Waals surface area contributed by atoms with Crippen LogP contribution in [0.4, 0.5) is 0 Å². The molecule has 26 heavy (non-hydrogen) atoms. The van der Waals surface area contributed by atoms with E-state index in [4.69, 9.17) is 13.9 Å². The fraction of sp³-hybridized carbons (Fsp3) is 0.111. The van der Waals surface area contributed by atoms with Crippen LogP contribution in [0.1, 0.15) is 20.9 Å². The highest BCUT2D eigenvalue weighted by atomic mass is 79.9. The van der Waals surface area contributed by atoms with E-state index in [1.165, 1.54) is 0 Å². The van der Waals surface area contributed by atoms with Crippen LogP contribution in [-0.2, 0) is 0 Å². The molecule has 2 N–H and O–H groups in total. The lowest BCUT2D eigenvalue weighted by molar-refractivity contribution is 0.0831. The summed E-state index contributed by atoms with van der Waals surface area (Å²) in [6.45, 7) is 0.901. The molecule has 8 heteroatoms. The van der Waals surface area contributed by atoms with E-state index < -0.39 is 11.8 Å². The number of hydrazine groups is 1. The van der Waals surface area contributed by atoms with Crippen LogP contribution < -0.4 is 20.3 Å². The molecule has 3 aromatic rings. The number of hydrogen-bond acceptors (Lipinski definition) is 5. The number of para-hydroxylation sites is 1. The first-order valence-electron chi connectivity index (χ1n) is 7.80. The fourth-order valence-electron chi connectivity index (χ4n) is 2.57. The molecule has 4 rings (SSSR count). The maximum atomic E-state index is 12.2. The van der Waals surface area contributed by atoms with Crippen molar-refractivity contribution < 1.29 is 23.5 Å². The van der Waals surface area contributed by atoms with Crippen LogP contribution >= 0.6 is 15.9 Å². The molecule has 0 radical (unpaired) electrons. The summed E-state index contributed by atoms with van der Waals surface area (Å²) in [7, 11) is 0. The van der Waals surface area contributed by atoms with Gasteiger partial charge in [0.2, 0.25) is 0 Å². The van der Waals surface area contributed by atoms with E-state index in [9.17, 15) is 9.59 Å². The number of amides is 2. The lowest BCUT2D eigenvalue weighted by Gasteiger charge is -2.18. The first-order valence-corrected chi connectivity index (χ1v) is 8.59. The normalized spacial score (nSPS) is 12.7. The number of benzene rings is 2. The van der Waals surface area contributed by atoms with E-state index in [0.29, 0.717) is 35.9 Å². The van der Waals surface area contributed by atoms with Gasteiger partial charge in [-0.25, -0.2) is 0 Å². The summed E-state index contributed by atoms with van der Waals surface area (Å²) in [6.07, 6.45) is 0. The van der Waals surface area contributed by atoms with Gasteiger partial charge in [0.25, 0.3) is 5.91 Å². The second kappa shape index (κ2) is 6.72. The summed E-state index contributed by atoms with van der Waals surface area (Å²) >= 11 is 3.36. The maximum absolute atomic E-state index is 12.2. The van der Waals surface area contributed by atoms with Crippen molar-refractivity contribution in [1.82, 2.24) is 10.9 Å². The zero-order valence-corrected chi connectivity index (χ0v) is 15.0. The third-order valence-corrected chi connectivity index (χ3v) is 4.44. The molecule has 2 amide bonds. The van der Waals surface area contributed by atoms with Crippen LogP contribution in [0.3, 0.4) is 0 Å². The van der Waals surface area contributed by atoms with Gasteiger partial charge in [0.05, 0.1) is 4.47 Å². The lowest BCUT2D eigenvalue weighted by Crippen LogP contribution is -2.41. The van der Waals surface area contributed by atoms with Crippen LogP contribution in [-0.4, -0.2) is 25.0 Å². The Morgan fingerprint density at radius 3 is 2.50 bits per heavy atom. The number of furan rings is 1. The monoisotopic (exact) mass is 416 g/mol. The average Bonchev–Trinajstić information content (AvgIpc) is 3.11. The minimum atomic E-state index is -0.556. The van der Waals surface area contributed by atoms with Crippen LogP contribution in [0, 0.1) is 0 Å².